The topological polar surface area (TPSA) is 101 Å². The van der Waals surface area contributed by atoms with E-state index < -0.39 is 11.6 Å². The molecule has 1 aliphatic carbocycles. The van der Waals surface area contributed by atoms with Crippen LogP contribution in [0, 0.1) is 24.5 Å². The number of anilines is 2. The van der Waals surface area contributed by atoms with Crippen LogP contribution in [0.25, 0.3) is 22.3 Å². The Labute approximate surface area is 231 Å². The molecule has 208 valence electrons. The monoisotopic (exact) mass is 546 g/mol. The van der Waals surface area contributed by atoms with E-state index in [0.29, 0.717) is 48.2 Å². The fraction of sp³-hybridized carbons (Fsp3) is 0.414. The molecule has 0 saturated heterocycles. The predicted octanol–water partition coefficient (Wildman–Crippen LogP) is 4.68. The Morgan fingerprint density at radius 2 is 1.95 bits per heavy atom. The number of benzene rings is 1. The molecule has 1 aliphatic heterocycles. The molecule has 4 heterocycles. The molecule has 1 fully saturated rings. The number of hydrogen-bond acceptors (Lipinski definition) is 7. The van der Waals surface area contributed by atoms with Crippen LogP contribution in [0.3, 0.4) is 0 Å². The van der Waals surface area contributed by atoms with E-state index in [-0.39, 0.29) is 29.1 Å². The highest BCUT2D eigenvalue weighted by Gasteiger charge is 2.24. The number of aromatic nitrogens is 5. The van der Waals surface area contributed by atoms with Crippen molar-refractivity contribution < 1.29 is 13.6 Å². The molecule has 2 N–H and O–H groups in total. The maximum atomic E-state index is 15.0. The molecule has 40 heavy (non-hydrogen) atoms. The van der Waals surface area contributed by atoms with E-state index in [1.807, 2.05) is 37.5 Å². The van der Waals surface area contributed by atoms with Crippen LogP contribution >= 0.6 is 0 Å². The van der Waals surface area contributed by atoms with Gasteiger partial charge >= 0.3 is 0 Å². The summed E-state index contributed by atoms with van der Waals surface area (Å²) in [6, 6.07) is 6.81. The van der Waals surface area contributed by atoms with Gasteiger partial charge in [0.1, 0.15) is 22.9 Å². The van der Waals surface area contributed by atoms with Gasteiger partial charge in [0.05, 0.1) is 18.3 Å². The first-order valence-corrected chi connectivity index (χ1v) is 13.7. The fourth-order valence-corrected chi connectivity index (χ4v) is 5.32. The lowest BCUT2D eigenvalue weighted by Gasteiger charge is -2.27. The highest BCUT2D eigenvalue weighted by atomic mass is 19.1. The van der Waals surface area contributed by atoms with E-state index in [1.165, 1.54) is 18.9 Å². The van der Waals surface area contributed by atoms with Crippen LogP contribution in [0.1, 0.15) is 49.8 Å². The summed E-state index contributed by atoms with van der Waals surface area (Å²) in [5, 5.41) is 6.09. The first-order valence-electron chi connectivity index (χ1n) is 13.7. The second-order valence-electron chi connectivity index (χ2n) is 11.0. The van der Waals surface area contributed by atoms with E-state index in [2.05, 4.69) is 30.5 Å². The van der Waals surface area contributed by atoms with Crippen LogP contribution in [0.15, 0.2) is 30.5 Å². The third-order valence-corrected chi connectivity index (χ3v) is 7.48. The van der Waals surface area contributed by atoms with E-state index >= 15 is 4.39 Å². The number of halogens is 2. The maximum absolute atomic E-state index is 15.0. The summed E-state index contributed by atoms with van der Waals surface area (Å²) < 4.78 is 31.8. The van der Waals surface area contributed by atoms with Crippen molar-refractivity contribution in [1.82, 2.24) is 34.7 Å². The highest BCUT2D eigenvalue weighted by Crippen LogP contribution is 2.31. The van der Waals surface area contributed by atoms with Gasteiger partial charge in [-0.2, -0.15) is 0 Å². The van der Waals surface area contributed by atoms with E-state index in [9.17, 15) is 9.18 Å². The standard InChI is InChI=1S/C29H32F2N8O/c1-16(2)39-17(3)34-28-21(30)10-20(11-24(28)39)27-22(31)13-33-29(37-27)36-25-7-6-19-14-38(9-8-23(19)35-25)15-26(40)32-12-18-4-5-18/h6-7,10-11,13,16,18H,4-5,8-9,12,14-15H2,1-3H3,(H,32,40)(H,33,35,36,37). The maximum Gasteiger partial charge on any atom is 0.234 e. The minimum absolute atomic E-state index is 0.0129. The number of nitrogens with one attached hydrogen (secondary N) is 2. The van der Waals surface area contributed by atoms with Gasteiger partial charge in [0.15, 0.2) is 11.6 Å². The molecule has 0 radical (unpaired) electrons. The second-order valence-corrected chi connectivity index (χ2v) is 11.0. The molecule has 3 aromatic heterocycles. The molecular formula is C29H32F2N8O. The van der Waals surface area contributed by atoms with Crippen LogP contribution in [-0.4, -0.2) is 54.9 Å². The number of pyridine rings is 1. The Morgan fingerprint density at radius 3 is 2.73 bits per heavy atom. The van der Waals surface area contributed by atoms with Gasteiger partial charge < -0.3 is 15.2 Å². The lowest BCUT2D eigenvalue weighted by Crippen LogP contribution is -2.40. The van der Waals surface area contributed by atoms with E-state index in [0.717, 1.165) is 30.5 Å². The quantitative estimate of drug-likeness (QED) is 0.331. The SMILES string of the molecule is Cc1nc2c(F)cc(-c3nc(Nc4ccc5c(n4)CCN(CC(=O)NCC4CC4)C5)ncc3F)cc2n1C(C)C. The Balaban J connectivity index is 1.19. The first-order chi connectivity index (χ1) is 19.2. The molecule has 1 saturated carbocycles. The van der Waals surface area contributed by atoms with Crippen molar-refractivity contribution in [3.63, 3.8) is 0 Å². The van der Waals surface area contributed by atoms with Gasteiger partial charge in [0.2, 0.25) is 11.9 Å². The second kappa shape index (κ2) is 10.5. The summed E-state index contributed by atoms with van der Waals surface area (Å²) in [6.07, 6.45) is 4.20. The van der Waals surface area contributed by atoms with Crippen molar-refractivity contribution in [1.29, 1.82) is 0 Å². The lowest BCUT2D eigenvalue weighted by atomic mass is 10.1. The van der Waals surface area contributed by atoms with Crippen LogP contribution in [-0.2, 0) is 17.8 Å². The van der Waals surface area contributed by atoms with Gasteiger partial charge in [-0.25, -0.2) is 28.7 Å². The summed E-state index contributed by atoms with van der Waals surface area (Å²) in [6.45, 7) is 8.34. The molecule has 0 unspecified atom stereocenters. The number of hydrogen-bond donors (Lipinski definition) is 2. The number of nitrogens with zero attached hydrogens (tertiary/aromatic N) is 6. The average Bonchev–Trinajstić information content (AvgIpc) is 3.69. The van der Waals surface area contributed by atoms with Gasteiger partial charge in [-0.15, -0.1) is 0 Å². The summed E-state index contributed by atoms with van der Waals surface area (Å²) in [7, 11) is 0. The number of carbonyl (C=O) groups is 1. The van der Waals surface area contributed by atoms with Crippen molar-refractivity contribution in [3.8, 4) is 11.3 Å². The Bertz CT molecular complexity index is 1600. The van der Waals surface area contributed by atoms with Gasteiger partial charge in [-0.3, -0.25) is 9.69 Å². The number of amides is 1. The highest BCUT2D eigenvalue weighted by molar-refractivity contribution is 5.83. The molecule has 11 heteroatoms. The number of imidazole rings is 1. The van der Waals surface area contributed by atoms with Crippen molar-refractivity contribution in [2.45, 2.75) is 52.6 Å². The zero-order chi connectivity index (χ0) is 28.0. The third kappa shape index (κ3) is 5.38. The van der Waals surface area contributed by atoms with Gasteiger partial charge in [-0.05, 0) is 63.3 Å². The van der Waals surface area contributed by atoms with Crippen LogP contribution < -0.4 is 10.6 Å². The molecule has 0 bridgehead atoms. The summed E-state index contributed by atoms with van der Waals surface area (Å²) in [5.74, 6) is 0.902. The number of rotatable bonds is 8. The number of fused-ring (bicyclic) bond motifs is 2. The molecule has 0 spiro atoms. The largest absolute Gasteiger partial charge is 0.355 e. The predicted molar refractivity (Wildman–Crippen MR) is 148 cm³/mol. The van der Waals surface area contributed by atoms with Crippen molar-refractivity contribution in [2.24, 2.45) is 5.92 Å². The molecule has 0 atom stereocenters. The molecule has 1 aromatic carbocycles. The van der Waals surface area contributed by atoms with Crippen LogP contribution in [0.4, 0.5) is 20.5 Å². The fourth-order valence-electron chi connectivity index (χ4n) is 5.32. The van der Waals surface area contributed by atoms with E-state index in [1.54, 1.807) is 6.07 Å². The average molecular weight is 547 g/mol. The van der Waals surface area contributed by atoms with Crippen LogP contribution in [0.2, 0.25) is 0 Å². The summed E-state index contributed by atoms with van der Waals surface area (Å²) >= 11 is 0. The van der Waals surface area contributed by atoms with Crippen molar-refractivity contribution >= 4 is 28.7 Å². The third-order valence-electron chi connectivity index (χ3n) is 7.48. The minimum Gasteiger partial charge on any atom is -0.355 e. The van der Waals surface area contributed by atoms with E-state index in [4.69, 9.17) is 4.98 Å². The Morgan fingerprint density at radius 1 is 1.12 bits per heavy atom. The first kappa shape index (κ1) is 26.2. The normalized spacial score (nSPS) is 15.4. The van der Waals surface area contributed by atoms with Crippen molar-refractivity contribution in [3.05, 3.63) is 59.2 Å². The Hall–Kier alpha value is -3.99. The van der Waals surface area contributed by atoms with Gasteiger partial charge in [0, 0.05) is 43.4 Å². The molecule has 1 amide bonds. The molecule has 4 aromatic rings. The molecule has 2 aliphatic rings. The van der Waals surface area contributed by atoms with Gasteiger partial charge in [-0.1, -0.05) is 6.07 Å². The Kier molecular flexibility index (Phi) is 6.91. The minimum atomic E-state index is -0.656. The van der Waals surface area contributed by atoms with Crippen LogP contribution in [0.5, 0.6) is 0 Å². The molecular weight excluding hydrogens is 514 g/mol. The molecule has 9 nitrogen and oxygen atoms in total. The zero-order valence-electron chi connectivity index (χ0n) is 22.8. The lowest BCUT2D eigenvalue weighted by molar-refractivity contribution is -0.122. The number of aryl methyl sites for hydroxylation is 1. The summed E-state index contributed by atoms with van der Waals surface area (Å²) in [5.41, 5.74) is 3.12. The summed E-state index contributed by atoms with van der Waals surface area (Å²) in [4.78, 5) is 31.9. The van der Waals surface area contributed by atoms with Gasteiger partial charge in [0.25, 0.3) is 0 Å². The zero-order valence-corrected chi connectivity index (χ0v) is 22.8. The van der Waals surface area contributed by atoms with Crippen molar-refractivity contribution in [2.75, 3.05) is 25.0 Å². The smallest absolute Gasteiger partial charge is 0.234 e. The molecule has 6 rings (SSSR count). The number of carbonyl (C=O) groups excluding carboxylic acids is 1.